The molecule has 0 aliphatic heterocycles. The van der Waals surface area contributed by atoms with Gasteiger partial charge in [0.2, 0.25) is 0 Å². The summed E-state index contributed by atoms with van der Waals surface area (Å²) in [5.41, 5.74) is -10.9. The van der Waals surface area contributed by atoms with Gasteiger partial charge < -0.3 is 0 Å². The zero-order valence-corrected chi connectivity index (χ0v) is 21.0. The lowest BCUT2D eigenvalue weighted by molar-refractivity contribution is -0.442. The van der Waals surface area contributed by atoms with E-state index in [0.717, 1.165) is 0 Å². The van der Waals surface area contributed by atoms with Gasteiger partial charge in [-0.05, 0) is 37.1 Å². The van der Waals surface area contributed by atoms with Crippen molar-refractivity contribution in [3.05, 3.63) is 34.4 Å². The number of benzene rings is 1. The monoisotopic (exact) mass is 742 g/mol. The predicted octanol–water partition coefficient (Wildman–Crippen LogP) is 10.7. The molecule has 0 heterocycles. The number of rotatable bonds is 10. The summed E-state index contributed by atoms with van der Waals surface area (Å²) in [6, 6.07) is -2.42. The van der Waals surface area contributed by atoms with Gasteiger partial charge in [-0.3, -0.25) is 0 Å². The Morgan fingerprint density at radius 2 is 0.457 bits per heavy atom. The molecule has 0 amide bonds. The zero-order valence-electron chi connectivity index (χ0n) is 21.0. The Kier molecular flexibility index (Phi) is 9.41. The lowest BCUT2D eigenvalue weighted by Gasteiger charge is -2.41. The normalized spacial score (nSPS) is 16.3. The summed E-state index contributed by atoms with van der Waals surface area (Å²) >= 11 is 0. The van der Waals surface area contributed by atoms with Crippen molar-refractivity contribution >= 4 is 0 Å². The lowest BCUT2D eigenvalue weighted by Crippen LogP contribution is -2.69. The van der Waals surface area contributed by atoms with Gasteiger partial charge in [0.05, 0.1) is 0 Å². The minimum Gasteiger partial charge on any atom is -0.194 e. The number of hydrogen-bond acceptors (Lipinski definition) is 0. The van der Waals surface area contributed by atoms with Crippen LogP contribution in [0, 0.1) is 13.8 Å². The van der Waals surface area contributed by atoms with Crippen molar-refractivity contribution in [1.29, 1.82) is 0 Å². The van der Waals surface area contributed by atoms with E-state index in [9.17, 15) is 114 Å². The van der Waals surface area contributed by atoms with E-state index in [-0.39, 0.29) is 13.8 Å². The summed E-state index contributed by atoms with van der Waals surface area (Å²) in [6.45, 7) is -0.747. The Bertz CT molecular complexity index is 1190. The third-order valence-electron chi connectivity index (χ3n) is 6.11. The fourth-order valence-corrected chi connectivity index (χ4v) is 3.37. The highest BCUT2D eigenvalue weighted by Gasteiger charge is 2.92. The molecular weight excluding hydrogens is 734 g/mol. The Morgan fingerprint density at radius 1 is 0.283 bits per heavy atom. The lowest BCUT2D eigenvalue weighted by atomic mass is 9.84. The van der Waals surface area contributed by atoms with Gasteiger partial charge in [-0.1, -0.05) is 0 Å². The quantitative estimate of drug-likeness (QED) is 0.210. The zero-order chi connectivity index (χ0) is 37.7. The number of aryl methyl sites for hydroxylation is 2. The van der Waals surface area contributed by atoms with E-state index in [4.69, 9.17) is 0 Å². The van der Waals surface area contributed by atoms with Crippen molar-refractivity contribution in [3.63, 3.8) is 0 Å². The van der Waals surface area contributed by atoms with E-state index in [0.29, 0.717) is 0 Å². The minimum atomic E-state index is -8.46. The molecule has 0 N–H and O–H groups in total. The minimum absolute atomic E-state index is 0.373. The standard InChI is InChI=1S/C20H8F26/c1-5-3-8(10(23,24)12(27,28)14(31,32)16(35,36)18(39,40)20(44,45)46)6(2)4-7(5)9(21,22)11(25,26)13(29,30)15(33,34)17(37,38)19(41,42)43/h3-4H,1-2H3. The van der Waals surface area contributed by atoms with Crippen LogP contribution in [0.1, 0.15) is 22.3 Å². The van der Waals surface area contributed by atoms with E-state index < -0.39 is 106 Å². The van der Waals surface area contributed by atoms with Crippen molar-refractivity contribution < 1.29 is 114 Å². The highest BCUT2D eigenvalue weighted by Crippen LogP contribution is 2.64. The van der Waals surface area contributed by atoms with Crippen molar-refractivity contribution in [2.24, 2.45) is 0 Å². The van der Waals surface area contributed by atoms with E-state index >= 15 is 0 Å². The summed E-state index contributed by atoms with van der Waals surface area (Å²) < 4.78 is 348. The molecular formula is C20H8F26. The van der Waals surface area contributed by atoms with Crippen LogP contribution in [0.2, 0.25) is 0 Å². The van der Waals surface area contributed by atoms with Gasteiger partial charge in [-0.2, -0.15) is 114 Å². The maximum absolute atomic E-state index is 14.5. The molecule has 0 aliphatic rings. The number of alkyl halides is 26. The van der Waals surface area contributed by atoms with E-state index in [2.05, 4.69) is 0 Å². The fourth-order valence-electron chi connectivity index (χ4n) is 3.37. The summed E-state index contributed by atoms with van der Waals surface area (Å²) in [5, 5.41) is 0. The number of hydrogen-bond donors (Lipinski definition) is 0. The maximum Gasteiger partial charge on any atom is 0.460 e. The molecule has 0 bridgehead atoms. The molecule has 26 heteroatoms. The molecule has 0 saturated heterocycles. The van der Waals surface area contributed by atoms with E-state index in [1.807, 2.05) is 0 Å². The molecule has 0 nitrogen and oxygen atoms in total. The van der Waals surface area contributed by atoms with E-state index in [1.165, 1.54) is 0 Å². The maximum atomic E-state index is 14.5. The molecule has 0 saturated carbocycles. The second-order valence-electron chi connectivity index (χ2n) is 9.22. The molecule has 0 radical (unpaired) electrons. The highest BCUT2D eigenvalue weighted by molar-refractivity contribution is 5.44. The molecule has 0 spiro atoms. The predicted molar refractivity (Wildman–Crippen MR) is 95.4 cm³/mol. The second kappa shape index (κ2) is 10.4. The first-order valence-corrected chi connectivity index (χ1v) is 10.6. The largest absolute Gasteiger partial charge is 0.460 e. The average Bonchev–Trinajstić information content (AvgIpc) is 2.82. The number of halogens is 26. The van der Waals surface area contributed by atoms with E-state index in [1.54, 1.807) is 0 Å². The van der Waals surface area contributed by atoms with Crippen molar-refractivity contribution in [1.82, 2.24) is 0 Å². The molecule has 0 unspecified atom stereocenters. The molecule has 0 aromatic heterocycles. The van der Waals surface area contributed by atoms with Gasteiger partial charge in [-0.15, -0.1) is 0 Å². The first kappa shape index (κ1) is 41.4. The molecule has 46 heavy (non-hydrogen) atoms. The van der Waals surface area contributed by atoms with Crippen LogP contribution >= 0.6 is 0 Å². The van der Waals surface area contributed by atoms with Crippen LogP contribution in [0.4, 0.5) is 114 Å². The molecule has 270 valence electrons. The van der Waals surface area contributed by atoms with Crippen LogP contribution in [0.15, 0.2) is 12.1 Å². The van der Waals surface area contributed by atoms with Gasteiger partial charge in [-0.25, -0.2) is 0 Å². The summed E-state index contributed by atoms with van der Waals surface area (Å²) in [4.78, 5) is 0. The molecule has 1 aromatic rings. The van der Waals surface area contributed by atoms with Gasteiger partial charge in [0.15, 0.2) is 0 Å². The van der Waals surface area contributed by atoms with Gasteiger partial charge >= 0.3 is 71.6 Å². The van der Waals surface area contributed by atoms with Crippen LogP contribution in [-0.4, -0.2) is 59.7 Å². The Labute approximate surface area is 235 Å². The van der Waals surface area contributed by atoms with Crippen LogP contribution < -0.4 is 0 Å². The van der Waals surface area contributed by atoms with Crippen LogP contribution in [0.5, 0.6) is 0 Å². The third-order valence-corrected chi connectivity index (χ3v) is 6.11. The average molecular weight is 742 g/mol. The summed E-state index contributed by atoms with van der Waals surface area (Å²) in [5.74, 6) is -81.0. The Balaban J connectivity index is 3.95. The van der Waals surface area contributed by atoms with Gasteiger partial charge in [0.1, 0.15) is 0 Å². The molecule has 1 rings (SSSR count). The topological polar surface area (TPSA) is 0 Å². The molecule has 0 fully saturated rings. The van der Waals surface area contributed by atoms with Crippen molar-refractivity contribution in [3.8, 4) is 0 Å². The fraction of sp³-hybridized carbons (Fsp3) is 0.700. The van der Waals surface area contributed by atoms with Gasteiger partial charge in [0, 0.05) is 11.1 Å². The molecule has 1 aromatic carbocycles. The van der Waals surface area contributed by atoms with Crippen LogP contribution in [0.3, 0.4) is 0 Å². The highest BCUT2D eigenvalue weighted by atomic mass is 19.4. The van der Waals surface area contributed by atoms with Crippen LogP contribution in [-0.2, 0) is 11.8 Å². The molecule has 0 atom stereocenters. The summed E-state index contributed by atoms with van der Waals surface area (Å²) in [7, 11) is 0. The van der Waals surface area contributed by atoms with Crippen molar-refractivity contribution in [2.45, 2.75) is 85.4 Å². The van der Waals surface area contributed by atoms with Crippen LogP contribution in [0.25, 0.3) is 0 Å². The SMILES string of the molecule is Cc1cc(C(F)(F)C(F)(F)C(F)(F)C(F)(F)C(F)(F)C(F)(F)F)c(C)cc1C(F)(F)C(F)(F)C(F)(F)C(F)(F)C(F)(F)C(F)(F)F. The summed E-state index contributed by atoms with van der Waals surface area (Å²) in [6.07, 6.45) is -15.7. The second-order valence-corrected chi connectivity index (χ2v) is 9.22. The molecule has 0 aliphatic carbocycles. The smallest absolute Gasteiger partial charge is 0.194 e. The first-order chi connectivity index (χ1) is 19.5. The van der Waals surface area contributed by atoms with Gasteiger partial charge in [0.25, 0.3) is 0 Å². The Morgan fingerprint density at radius 3 is 0.630 bits per heavy atom. The third kappa shape index (κ3) is 5.07. The van der Waals surface area contributed by atoms with Crippen molar-refractivity contribution in [2.75, 3.05) is 0 Å². The first-order valence-electron chi connectivity index (χ1n) is 10.6. The Hall–Kier alpha value is -2.60.